The maximum atomic E-state index is 12.6. The van der Waals surface area contributed by atoms with Crippen molar-refractivity contribution in [2.75, 3.05) is 37.7 Å². The highest BCUT2D eigenvalue weighted by atomic mass is 16.3. The SMILES string of the molecule is O=C1CN(C[C@H](O)CO)CCN1c1ccccc1-c1ccccc1. The summed E-state index contributed by atoms with van der Waals surface area (Å²) in [5.74, 6) is 0.00905. The van der Waals surface area contributed by atoms with Crippen molar-refractivity contribution in [1.29, 1.82) is 0 Å². The van der Waals surface area contributed by atoms with Crippen LogP contribution >= 0.6 is 0 Å². The van der Waals surface area contributed by atoms with E-state index in [-0.39, 0.29) is 19.1 Å². The first-order valence-electron chi connectivity index (χ1n) is 8.15. The van der Waals surface area contributed by atoms with Crippen LogP contribution in [0.25, 0.3) is 11.1 Å². The average molecular weight is 326 g/mol. The summed E-state index contributed by atoms with van der Waals surface area (Å²) in [4.78, 5) is 16.3. The summed E-state index contributed by atoms with van der Waals surface area (Å²) in [7, 11) is 0. The fraction of sp³-hybridized carbons (Fsp3) is 0.316. The molecule has 0 spiro atoms. The van der Waals surface area contributed by atoms with E-state index in [1.165, 1.54) is 0 Å². The Balaban J connectivity index is 1.80. The van der Waals surface area contributed by atoms with E-state index in [9.17, 15) is 9.90 Å². The van der Waals surface area contributed by atoms with Gasteiger partial charge in [-0.2, -0.15) is 0 Å². The van der Waals surface area contributed by atoms with Gasteiger partial charge in [0.15, 0.2) is 0 Å². The molecule has 2 N–H and O–H groups in total. The van der Waals surface area contributed by atoms with Gasteiger partial charge in [-0.25, -0.2) is 0 Å². The summed E-state index contributed by atoms with van der Waals surface area (Å²) in [5, 5.41) is 18.5. The number of carbonyl (C=O) groups is 1. The third-order valence-corrected chi connectivity index (χ3v) is 4.26. The normalized spacial score (nSPS) is 17.1. The van der Waals surface area contributed by atoms with Gasteiger partial charge in [-0.3, -0.25) is 9.69 Å². The fourth-order valence-electron chi connectivity index (χ4n) is 3.06. The molecule has 1 amide bonds. The van der Waals surface area contributed by atoms with Crippen molar-refractivity contribution in [2.45, 2.75) is 6.10 Å². The van der Waals surface area contributed by atoms with Crippen molar-refractivity contribution in [3.63, 3.8) is 0 Å². The van der Waals surface area contributed by atoms with Gasteiger partial charge in [0.2, 0.25) is 5.91 Å². The van der Waals surface area contributed by atoms with Gasteiger partial charge in [-0.15, -0.1) is 0 Å². The number of aliphatic hydroxyl groups is 2. The van der Waals surface area contributed by atoms with Crippen LogP contribution < -0.4 is 4.90 Å². The Morgan fingerprint density at radius 3 is 2.42 bits per heavy atom. The molecule has 2 aromatic carbocycles. The molecule has 3 rings (SSSR count). The lowest BCUT2D eigenvalue weighted by atomic mass is 10.0. The molecule has 0 saturated carbocycles. The second kappa shape index (κ2) is 7.57. The Morgan fingerprint density at radius 1 is 1.00 bits per heavy atom. The molecule has 1 heterocycles. The molecule has 126 valence electrons. The minimum atomic E-state index is -0.805. The van der Waals surface area contributed by atoms with E-state index in [0.29, 0.717) is 19.6 Å². The third kappa shape index (κ3) is 3.64. The van der Waals surface area contributed by atoms with Crippen LogP contribution in [0.2, 0.25) is 0 Å². The zero-order chi connectivity index (χ0) is 16.9. The number of β-amino-alcohol motifs (C(OH)–C–C–N with tert-alkyl or cyclic N) is 1. The number of nitrogens with zero attached hydrogens (tertiary/aromatic N) is 2. The summed E-state index contributed by atoms with van der Waals surface area (Å²) in [6, 6.07) is 17.9. The highest BCUT2D eigenvalue weighted by Gasteiger charge is 2.27. The van der Waals surface area contributed by atoms with E-state index in [1.54, 1.807) is 0 Å². The van der Waals surface area contributed by atoms with Crippen LogP contribution in [0.15, 0.2) is 54.6 Å². The predicted octanol–water partition coefficient (Wildman–Crippen LogP) is 1.36. The molecule has 0 aliphatic carbocycles. The lowest BCUT2D eigenvalue weighted by molar-refractivity contribution is -0.121. The lowest BCUT2D eigenvalue weighted by Crippen LogP contribution is -2.52. The standard InChI is InChI=1S/C19H22N2O3/c22-14-16(23)12-20-10-11-21(19(24)13-20)18-9-5-4-8-17(18)15-6-2-1-3-7-15/h1-9,16,22-23H,10-14H2/t16-/m0/s1. The molecule has 1 saturated heterocycles. The molecule has 0 bridgehead atoms. The molecule has 24 heavy (non-hydrogen) atoms. The summed E-state index contributed by atoms with van der Waals surface area (Å²) in [6.45, 7) is 1.52. The van der Waals surface area contributed by atoms with Crippen LogP contribution in [0.5, 0.6) is 0 Å². The monoisotopic (exact) mass is 326 g/mol. The molecule has 1 atom stereocenters. The van der Waals surface area contributed by atoms with Crippen molar-refractivity contribution in [2.24, 2.45) is 0 Å². The van der Waals surface area contributed by atoms with Gasteiger partial charge < -0.3 is 15.1 Å². The Kier molecular flexibility index (Phi) is 5.25. The molecular weight excluding hydrogens is 304 g/mol. The zero-order valence-electron chi connectivity index (χ0n) is 13.5. The number of anilines is 1. The van der Waals surface area contributed by atoms with E-state index < -0.39 is 6.10 Å². The van der Waals surface area contributed by atoms with Gasteiger partial charge in [-0.1, -0.05) is 48.5 Å². The smallest absolute Gasteiger partial charge is 0.241 e. The molecule has 0 radical (unpaired) electrons. The van der Waals surface area contributed by atoms with Gasteiger partial charge in [0.1, 0.15) is 0 Å². The number of hydrogen-bond acceptors (Lipinski definition) is 4. The molecule has 2 aromatic rings. The maximum absolute atomic E-state index is 12.6. The van der Waals surface area contributed by atoms with Crippen LogP contribution in [0.4, 0.5) is 5.69 Å². The van der Waals surface area contributed by atoms with Crippen LogP contribution in [0.1, 0.15) is 0 Å². The van der Waals surface area contributed by atoms with E-state index >= 15 is 0 Å². The molecule has 1 aliphatic rings. The highest BCUT2D eigenvalue weighted by molar-refractivity contribution is 5.99. The summed E-state index contributed by atoms with van der Waals surface area (Å²) >= 11 is 0. The second-order valence-corrected chi connectivity index (χ2v) is 6.00. The van der Waals surface area contributed by atoms with Crippen molar-refractivity contribution >= 4 is 11.6 Å². The molecule has 1 aliphatic heterocycles. The van der Waals surface area contributed by atoms with E-state index in [1.807, 2.05) is 64.4 Å². The number of aliphatic hydroxyl groups excluding tert-OH is 2. The van der Waals surface area contributed by atoms with Crippen LogP contribution in [-0.4, -0.2) is 59.9 Å². The van der Waals surface area contributed by atoms with Gasteiger partial charge in [0, 0.05) is 25.2 Å². The first-order chi connectivity index (χ1) is 11.7. The molecule has 0 unspecified atom stereocenters. The highest BCUT2D eigenvalue weighted by Crippen LogP contribution is 2.31. The van der Waals surface area contributed by atoms with Crippen molar-refractivity contribution in [1.82, 2.24) is 4.90 Å². The topological polar surface area (TPSA) is 64.0 Å². The predicted molar refractivity (Wildman–Crippen MR) is 93.8 cm³/mol. The van der Waals surface area contributed by atoms with E-state index in [4.69, 9.17) is 5.11 Å². The number of amides is 1. The summed E-state index contributed by atoms with van der Waals surface area (Å²) in [5.41, 5.74) is 3.03. The van der Waals surface area contributed by atoms with E-state index in [0.717, 1.165) is 16.8 Å². The first kappa shape index (κ1) is 16.6. The Labute approximate surface area is 141 Å². The molecule has 0 aromatic heterocycles. The number of para-hydroxylation sites is 1. The minimum absolute atomic E-state index is 0.00905. The zero-order valence-corrected chi connectivity index (χ0v) is 13.5. The molecule has 5 nitrogen and oxygen atoms in total. The molecule has 5 heteroatoms. The number of rotatable bonds is 5. The van der Waals surface area contributed by atoms with E-state index in [2.05, 4.69) is 0 Å². The van der Waals surface area contributed by atoms with Crippen molar-refractivity contribution < 1.29 is 15.0 Å². The minimum Gasteiger partial charge on any atom is -0.394 e. The number of benzene rings is 2. The average Bonchev–Trinajstić information content (AvgIpc) is 2.62. The van der Waals surface area contributed by atoms with Gasteiger partial charge in [0.05, 0.1) is 24.9 Å². The Hall–Kier alpha value is -2.21. The number of carbonyl (C=O) groups excluding carboxylic acids is 1. The summed E-state index contributed by atoms with van der Waals surface area (Å²) in [6.07, 6.45) is -0.805. The largest absolute Gasteiger partial charge is 0.394 e. The Bertz CT molecular complexity index is 690. The van der Waals surface area contributed by atoms with Crippen molar-refractivity contribution in [3.8, 4) is 11.1 Å². The lowest BCUT2D eigenvalue weighted by Gasteiger charge is -2.35. The quantitative estimate of drug-likeness (QED) is 0.871. The maximum Gasteiger partial charge on any atom is 0.241 e. The molecule has 1 fully saturated rings. The fourth-order valence-corrected chi connectivity index (χ4v) is 3.06. The number of hydrogen-bond donors (Lipinski definition) is 2. The summed E-state index contributed by atoms with van der Waals surface area (Å²) < 4.78 is 0. The van der Waals surface area contributed by atoms with Gasteiger partial charge in [-0.05, 0) is 11.6 Å². The van der Waals surface area contributed by atoms with Crippen LogP contribution in [0, 0.1) is 0 Å². The first-order valence-corrected chi connectivity index (χ1v) is 8.15. The van der Waals surface area contributed by atoms with Crippen LogP contribution in [0.3, 0.4) is 0 Å². The van der Waals surface area contributed by atoms with Crippen LogP contribution in [-0.2, 0) is 4.79 Å². The Morgan fingerprint density at radius 2 is 1.71 bits per heavy atom. The van der Waals surface area contributed by atoms with Gasteiger partial charge >= 0.3 is 0 Å². The second-order valence-electron chi connectivity index (χ2n) is 6.00. The third-order valence-electron chi connectivity index (χ3n) is 4.26. The van der Waals surface area contributed by atoms with Crippen molar-refractivity contribution in [3.05, 3.63) is 54.6 Å². The number of piperazine rings is 1. The van der Waals surface area contributed by atoms with Gasteiger partial charge in [0.25, 0.3) is 0 Å². The molecular formula is C19H22N2O3.